The van der Waals surface area contributed by atoms with Gasteiger partial charge in [0.1, 0.15) is 0 Å². The van der Waals surface area contributed by atoms with Crippen molar-refractivity contribution >= 4 is 29.3 Å². The van der Waals surface area contributed by atoms with Crippen LogP contribution < -0.4 is 11.1 Å². The number of H-pyrrole nitrogens is 1. The fourth-order valence-corrected chi connectivity index (χ4v) is 1.19. The van der Waals surface area contributed by atoms with Gasteiger partial charge in [-0.25, -0.2) is 4.98 Å². The summed E-state index contributed by atoms with van der Waals surface area (Å²) < 4.78 is 0. The number of halogens is 1. The van der Waals surface area contributed by atoms with Crippen molar-refractivity contribution in [1.29, 1.82) is 0 Å². The van der Waals surface area contributed by atoms with Crippen molar-refractivity contribution in [3.63, 3.8) is 0 Å². The Balaban J connectivity index is 2.17. The fourth-order valence-electron chi connectivity index (χ4n) is 1.02. The van der Waals surface area contributed by atoms with Crippen molar-refractivity contribution in [2.24, 2.45) is 0 Å². The summed E-state index contributed by atoms with van der Waals surface area (Å²) in [5, 5.41) is 8.71. The molecule has 0 spiro atoms. The summed E-state index contributed by atoms with van der Waals surface area (Å²) >= 11 is 5.81. The topological polar surface area (TPSA) is 110 Å². The molecule has 0 bridgehead atoms. The second-order valence-electron chi connectivity index (χ2n) is 2.83. The zero-order valence-corrected chi connectivity index (χ0v) is 8.69. The Morgan fingerprint density at radius 3 is 3.00 bits per heavy atom. The summed E-state index contributed by atoms with van der Waals surface area (Å²) in [7, 11) is 0. The third kappa shape index (κ3) is 2.09. The minimum absolute atomic E-state index is 0.000722. The average Bonchev–Trinajstić information content (AvgIpc) is 2.68. The van der Waals surface area contributed by atoms with Crippen LogP contribution in [-0.4, -0.2) is 26.1 Å². The first-order valence-electron chi connectivity index (χ1n) is 4.26. The van der Waals surface area contributed by atoms with Crippen LogP contribution >= 0.6 is 11.6 Å². The van der Waals surface area contributed by atoms with Crippen LogP contribution in [0.1, 0.15) is 10.6 Å². The summed E-state index contributed by atoms with van der Waals surface area (Å²) in [5.74, 6) is -0.259. The number of nitrogen functional groups attached to an aromatic ring is 1. The van der Waals surface area contributed by atoms with Crippen molar-refractivity contribution in [3.8, 4) is 0 Å². The van der Waals surface area contributed by atoms with Gasteiger partial charge in [-0.3, -0.25) is 9.89 Å². The van der Waals surface area contributed by atoms with Crippen molar-refractivity contribution in [2.75, 3.05) is 11.1 Å². The highest BCUT2D eigenvalue weighted by molar-refractivity contribution is 6.33. The molecule has 0 unspecified atom stereocenters. The molecule has 16 heavy (non-hydrogen) atoms. The van der Waals surface area contributed by atoms with Crippen LogP contribution in [-0.2, 0) is 0 Å². The number of anilines is 2. The highest BCUT2D eigenvalue weighted by atomic mass is 35.5. The predicted molar refractivity (Wildman–Crippen MR) is 58.0 cm³/mol. The van der Waals surface area contributed by atoms with Gasteiger partial charge in [0, 0.05) is 6.20 Å². The SMILES string of the molecule is Nc1n[nH]c(C(=O)Nc2ncccc2Cl)n1. The monoisotopic (exact) mass is 238 g/mol. The highest BCUT2D eigenvalue weighted by Crippen LogP contribution is 2.17. The number of nitrogens with two attached hydrogens (primary N) is 1. The fraction of sp³-hybridized carbons (Fsp3) is 0. The van der Waals surface area contributed by atoms with E-state index >= 15 is 0 Å². The first kappa shape index (κ1) is 10.4. The number of hydrogen-bond donors (Lipinski definition) is 3. The number of aromatic amines is 1. The molecule has 0 aliphatic rings. The summed E-state index contributed by atoms with van der Waals surface area (Å²) in [6.45, 7) is 0. The van der Waals surface area contributed by atoms with Crippen LogP contribution in [0.2, 0.25) is 5.02 Å². The van der Waals surface area contributed by atoms with E-state index in [4.69, 9.17) is 17.3 Å². The Kier molecular flexibility index (Phi) is 2.69. The molecule has 0 aromatic carbocycles. The van der Waals surface area contributed by atoms with E-state index in [1.54, 1.807) is 12.1 Å². The molecule has 82 valence electrons. The largest absolute Gasteiger partial charge is 0.366 e. The normalized spacial score (nSPS) is 10.1. The molecule has 4 N–H and O–H groups in total. The molecule has 0 aliphatic carbocycles. The van der Waals surface area contributed by atoms with Gasteiger partial charge < -0.3 is 11.1 Å². The van der Waals surface area contributed by atoms with Gasteiger partial charge in [-0.15, -0.1) is 5.10 Å². The van der Waals surface area contributed by atoms with Crippen molar-refractivity contribution < 1.29 is 4.79 Å². The molecule has 0 fully saturated rings. The van der Waals surface area contributed by atoms with E-state index < -0.39 is 5.91 Å². The Bertz CT molecular complexity index is 525. The van der Waals surface area contributed by atoms with Gasteiger partial charge in [-0.1, -0.05) is 11.6 Å². The number of aromatic nitrogens is 4. The van der Waals surface area contributed by atoms with Crippen molar-refractivity contribution in [1.82, 2.24) is 20.2 Å². The number of nitrogens with zero attached hydrogens (tertiary/aromatic N) is 3. The number of nitrogens with one attached hydrogen (secondary N) is 2. The molecule has 1 amide bonds. The maximum Gasteiger partial charge on any atom is 0.294 e. The van der Waals surface area contributed by atoms with E-state index in [9.17, 15) is 4.79 Å². The molecular weight excluding hydrogens is 232 g/mol. The third-order valence-corrected chi connectivity index (χ3v) is 2.01. The lowest BCUT2D eigenvalue weighted by Crippen LogP contribution is -2.15. The second kappa shape index (κ2) is 4.15. The van der Waals surface area contributed by atoms with Crippen LogP contribution in [0.3, 0.4) is 0 Å². The summed E-state index contributed by atoms with van der Waals surface area (Å²) in [5.41, 5.74) is 5.26. The maximum absolute atomic E-state index is 11.6. The number of carbonyl (C=O) groups excluding carboxylic acids is 1. The smallest absolute Gasteiger partial charge is 0.294 e. The van der Waals surface area contributed by atoms with E-state index in [1.807, 2.05) is 0 Å². The molecule has 0 saturated heterocycles. The minimum Gasteiger partial charge on any atom is -0.366 e. The first-order chi connectivity index (χ1) is 7.66. The summed E-state index contributed by atoms with van der Waals surface area (Å²) in [6.07, 6.45) is 1.51. The van der Waals surface area contributed by atoms with Crippen LogP contribution in [0.25, 0.3) is 0 Å². The van der Waals surface area contributed by atoms with E-state index in [-0.39, 0.29) is 17.6 Å². The van der Waals surface area contributed by atoms with Crippen molar-refractivity contribution in [3.05, 3.63) is 29.2 Å². The molecule has 8 heteroatoms. The van der Waals surface area contributed by atoms with Crippen molar-refractivity contribution in [2.45, 2.75) is 0 Å². The molecule has 0 atom stereocenters. The zero-order valence-electron chi connectivity index (χ0n) is 7.94. The zero-order chi connectivity index (χ0) is 11.5. The number of rotatable bonds is 2. The van der Waals surface area contributed by atoms with Gasteiger partial charge in [0.05, 0.1) is 5.02 Å². The van der Waals surface area contributed by atoms with Crippen LogP contribution in [0.4, 0.5) is 11.8 Å². The number of pyridine rings is 1. The molecule has 7 nitrogen and oxygen atoms in total. The van der Waals surface area contributed by atoms with Crippen LogP contribution in [0, 0.1) is 0 Å². The molecule has 2 aromatic heterocycles. The van der Waals surface area contributed by atoms with E-state index in [1.165, 1.54) is 6.20 Å². The Morgan fingerprint density at radius 1 is 1.56 bits per heavy atom. The van der Waals surface area contributed by atoms with Gasteiger partial charge in [0.2, 0.25) is 11.8 Å². The molecule has 0 aliphatic heterocycles. The molecule has 0 radical (unpaired) electrons. The standard InChI is InChI=1S/C8H7ClN6O/c9-4-2-1-3-11-5(4)12-7(16)6-13-8(10)15-14-6/h1-3H,(H,11,12,16)(H3,10,13,14,15). The molecule has 2 heterocycles. The summed E-state index contributed by atoms with van der Waals surface area (Å²) in [4.78, 5) is 19.1. The lowest BCUT2D eigenvalue weighted by molar-refractivity contribution is 0.101. The predicted octanol–water partition coefficient (Wildman–Crippen LogP) is 0.688. The molecular formula is C8H7ClN6O. The van der Waals surface area contributed by atoms with E-state index in [0.29, 0.717) is 5.02 Å². The van der Waals surface area contributed by atoms with Crippen LogP contribution in [0.15, 0.2) is 18.3 Å². The average molecular weight is 239 g/mol. The van der Waals surface area contributed by atoms with E-state index in [2.05, 4.69) is 25.5 Å². The van der Waals surface area contributed by atoms with E-state index in [0.717, 1.165) is 0 Å². The molecule has 2 rings (SSSR count). The number of carbonyl (C=O) groups is 1. The number of hydrogen-bond acceptors (Lipinski definition) is 5. The quantitative estimate of drug-likeness (QED) is 0.713. The Labute approximate surface area is 95.0 Å². The second-order valence-corrected chi connectivity index (χ2v) is 3.24. The molecule has 0 saturated carbocycles. The minimum atomic E-state index is -0.509. The van der Waals surface area contributed by atoms with Gasteiger partial charge in [-0.2, -0.15) is 4.98 Å². The van der Waals surface area contributed by atoms with Gasteiger partial charge in [-0.05, 0) is 12.1 Å². The van der Waals surface area contributed by atoms with Crippen LogP contribution in [0.5, 0.6) is 0 Å². The van der Waals surface area contributed by atoms with Gasteiger partial charge in [0.15, 0.2) is 5.82 Å². The maximum atomic E-state index is 11.6. The third-order valence-electron chi connectivity index (χ3n) is 1.71. The van der Waals surface area contributed by atoms with Gasteiger partial charge in [0.25, 0.3) is 5.91 Å². The highest BCUT2D eigenvalue weighted by Gasteiger charge is 2.12. The Hall–Kier alpha value is -2.15. The molecule has 2 aromatic rings. The van der Waals surface area contributed by atoms with Gasteiger partial charge >= 0.3 is 0 Å². The summed E-state index contributed by atoms with van der Waals surface area (Å²) in [6, 6.07) is 3.27. The Morgan fingerprint density at radius 2 is 2.38 bits per heavy atom. The number of amides is 1. The first-order valence-corrected chi connectivity index (χ1v) is 4.64. The lowest BCUT2D eigenvalue weighted by atomic mass is 10.4. The lowest BCUT2D eigenvalue weighted by Gasteiger charge is -2.02.